The summed E-state index contributed by atoms with van der Waals surface area (Å²) in [6.45, 7) is 15.3. The van der Waals surface area contributed by atoms with Gasteiger partial charge in [0.2, 0.25) is 0 Å². The van der Waals surface area contributed by atoms with E-state index in [2.05, 4.69) is 59.7 Å². The molecular formula is C17H26O. The van der Waals surface area contributed by atoms with Crippen LogP contribution in [0.4, 0.5) is 0 Å². The zero-order chi connectivity index (χ0) is 14.0. The Hall–Kier alpha value is -1.24. The first-order valence-electron chi connectivity index (χ1n) is 6.58. The molecule has 0 amide bonds. The van der Waals surface area contributed by atoms with Crippen molar-refractivity contribution in [1.82, 2.24) is 0 Å². The molecule has 100 valence electrons. The number of rotatable bonds is 2. The summed E-state index contributed by atoms with van der Waals surface area (Å²) in [5.74, 6) is 0.922. The average molecular weight is 246 g/mol. The Morgan fingerprint density at radius 3 is 1.61 bits per heavy atom. The molecule has 0 aromatic heterocycles. The molecule has 0 aliphatic heterocycles. The minimum atomic E-state index is 0.134. The van der Waals surface area contributed by atoms with Gasteiger partial charge in [-0.1, -0.05) is 53.7 Å². The molecule has 0 spiro atoms. The van der Waals surface area contributed by atoms with Gasteiger partial charge in [0.1, 0.15) is 5.75 Å². The van der Waals surface area contributed by atoms with Gasteiger partial charge in [-0.15, -0.1) is 0 Å². The lowest BCUT2D eigenvalue weighted by Crippen LogP contribution is -2.16. The Balaban J connectivity index is 3.29. The molecule has 1 aromatic carbocycles. The van der Waals surface area contributed by atoms with Crippen LogP contribution in [0, 0.1) is 0 Å². The van der Waals surface area contributed by atoms with Gasteiger partial charge >= 0.3 is 0 Å². The first kappa shape index (κ1) is 14.8. The topological polar surface area (TPSA) is 9.23 Å². The third-order valence-electron chi connectivity index (χ3n) is 2.98. The van der Waals surface area contributed by atoms with E-state index >= 15 is 0 Å². The molecule has 0 unspecified atom stereocenters. The van der Waals surface area contributed by atoms with Crippen molar-refractivity contribution in [1.29, 1.82) is 0 Å². The highest BCUT2D eigenvalue weighted by atomic mass is 16.5. The highest BCUT2D eigenvalue weighted by Gasteiger charge is 2.20. The summed E-state index contributed by atoms with van der Waals surface area (Å²) in [4.78, 5) is 0. The van der Waals surface area contributed by atoms with Crippen molar-refractivity contribution in [3.63, 3.8) is 0 Å². The average Bonchev–Trinajstić information content (AvgIpc) is 2.23. The van der Waals surface area contributed by atoms with Crippen molar-refractivity contribution in [2.75, 3.05) is 0 Å². The Bertz CT molecular complexity index is 396. The largest absolute Gasteiger partial charge is 0.465 e. The molecule has 0 saturated heterocycles. The minimum absolute atomic E-state index is 0.134. The molecule has 1 heteroatoms. The van der Waals surface area contributed by atoms with Gasteiger partial charge in [-0.2, -0.15) is 0 Å². The maximum atomic E-state index is 5.65. The molecule has 0 bridgehead atoms. The zero-order valence-corrected chi connectivity index (χ0v) is 12.8. The lowest BCUT2D eigenvalue weighted by Gasteiger charge is -2.25. The molecular weight excluding hydrogens is 220 g/mol. The van der Waals surface area contributed by atoms with E-state index in [0.717, 1.165) is 5.75 Å². The molecule has 0 fully saturated rings. The maximum absolute atomic E-state index is 5.65. The summed E-state index contributed by atoms with van der Waals surface area (Å²) in [5, 5.41) is 0. The van der Waals surface area contributed by atoms with Crippen LogP contribution in [0.3, 0.4) is 0 Å². The number of allylic oxidation sites excluding steroid dienone is 1. The van der Waals surface area contributed by atoms with E-state index in [-0.39, 0.29) is 10.8 Å². The third kappa shape index (κ3) is 3.90. The molecule has 0 saturated carbocycles. The first-order chi connectivity index (χ1) is 8.14. The Kier molecular flexibility index (Phi) is 4.26. The van der Waals surface area contributed by atoms with Gasteiger partial charge in [0, 0.05) is 0 Å². The van der Waals surface area contributed by atoms with Gasteiger partial charge in [-0.3, -0.25) is 0 Å². The van der Waals surface area contributed by atoms with Gasteiger partial charge in [-0.05, 0) is 41.0 Å². The van der Waals surface area contributed by atoms with E-state index in [1.54, 1.807) is 6.26 Å². The van der Waals surface area contributed by atoms with Crippen molar-refractivity contribution < 1.29 is 4.74 Å². The molecule has 1 nitrogen and oxygen atoms in total. The monoisotopic (exact) mass is 246 g/mol. The second-order valence-electron chi connectivity index (χ2n) is 6.83. The Morgan fingerprint density at radius 2 is 1.28 bits per heavy atom. The molecule has 0 aliphatic carbocycles. The Morgan fingerprint density at radius 1 is 0.833 bits per heavy atom. The molecule has 0 aliphatic rings. The van der Waals surface area contributed by atoms with Crippen molar-refractivity contribution >= 4 is 0 Å². The van der Waals surface area contributed by atoms with E-state index in [0.29, 0.717) is 0 Å². The van der Waals surface area contributed by atoms with Gasteiger partial charge in [0.05, 0.1) is 6.26 Å². The summed E-state index contributed by atoms with van der Waals surface area (Å²) >= 11 is 0. The molecule has 0 heterocycles. The van der Waals surface area contributed by atoms with Gasteiger partial charge in [-0.25, -0.2) is 0 Å². The third-order valence-corrected chi connectivity index (χ3v) is 2.98. The number of hydrogen-bond acceptors (Lipinski definition) is 1. The lowest BCUT2D eigenvalue weighted by molar-refractivity contribution is 0.471. The van der Waals surface area contributed by atoms with E-state index in [4.69, 9.17) is 4.74 Å². The fraction of sp³-hybridized carbons (Fsp3) is 0.529. The van der Waals surface area contributed by atoms with Crippen LogP contribution in [0.2, 0.25) is 0 Å². The summed E-state index contributed by atoms with van der Waals surface area (Å²) in [6.07, 6.45) is 3.63. The fourth-order valence-electron chi connectivity index (χ4n) is 1.68. The van der Waals surface area contributed by atoms with Crippen LogP contribution in [-0.4, -0.2) is 0 Å². The molecule has 1 rings (SSSR count). The highest BCUT2D eigenvalue weighted by molar-refractivity contribution is 5.40. The maximum Gasteiger partial charge on any atom is 0.127 e. The molecule has 0 N–H and O–H groups in total. The van der Waals surface area contributed by atoms with Gasteiger partial charge < -0.3 is 4.74 Å². The SMILES string of the molecule is C/C=C\Oc1cc(C(C)(C)C)cc(C(C)(C)C)c1. The van der Waals surface area contributed by atoms with Crippen LogP contribution in [0.15, 0.2) is 30.5 Å². The zero-order valence-electron chi connectivity index (χ0n) is 12.8. The molecule has 0 atom stereocenters. The first-order valence-corrected chi connectivity index (χ1v) is 6.58. The van der Waals surface area contributed by atoms with Crippen molar-refractivity contribution in [2.24, 2.45) is 0 Å². The summed E-state index contributed by atoms with van der Waals surface area (Å²) in [5.41, 5.74) is 2.90. The van der Waals surface area contributed by atoms with Gasteiger partial charge in [0.25, 0.3) is 0 Å². The molecule has 18 heavy (non-hydrogen) atoms. The van der Waals surface area contributed by atoms with Crippen molar-refractivity contribution in [3.05, 3.63) is 41.7 Å². The second kappa shape index (κ2) is 5.17. The summed E-state index contributed by atoms with van der Waals surface area (Å²) < 4.78 is 5.65. The normalized spacial score (nSPS) is 13.1. The van der Waals surface area contributed by atoms with Crippen LogP contribution >= 0.6 is 0 Å². The van der Waals surface area contributed by atoms with Crippen LogP contribution < -0.4 is 4.74 Å². The number of benzene rings is 1. The van der Waals surface area contributed by atoms with Crippen LogP contribution in [0.25, 0.3) is 0 Å². The fourth-order valence-corrected chi connectivity index (χ4v) is 1.68. The Labute approximate surface area is 112 Å². The van der Waals surface area contributed by atoms with E-state index in [9.17, 15) is 0 Å². The van der Waals surface area contributed by atoms with Crippen molar-refractivity contribution in [2.45, 2.75) is 59.3 Å². The predicted octanol–water partition coefficient (Wildman–Crippen LogP) is 5.19. The quantitative estimate of drug-likeness (QED) is 0.652. The summed E-state index contributed by atoms with van der Waals surface area (Å²) in [7, 11) is 0. The minimum Gasteiger partial charge on any atom is -0.465 e. The van der Waals surface area contributed by atoms with Gasteiger partial charge in [0.15, 0.2) is 0 Å². The van der Waals surface area contributed by atoms with Crippen LogP contribution in [0.1, 0.15) is 59.6 Å². The van der Waals surface area contributed by atoms with Crippen LogP contribution in [-0.2, 0) is 10.8 Å². The van der Waals surface area contributed by atoms with E-state index in [1.165, 1.54) is 11.1 Å². The number of ether oxygens (including phenoxy) is 1. The summed E-state index contributed by atoms with van der Waals surface area (Å²) in [6, 6.07) is 6.56. The van der Waals surface area contributed by atoms with Crippen LogP contribution in [0.5, 0.6) is 5.75 Å². The standard InChI is InChI=1S/C17H26O/c1-8-9-18-15-11-13(16(2,3)4)10-14(12-15)17(5,6)7/h8-12H,1-7H3/b9-8-. The number of hydrogen-bond donors (Lipinski definition) is 0. The highest BCUT2D eigenvalue weighted by Crippen LogP contribution is 2.32. The predicted molar refractivity (Wildman–Crippen MR) is 79.3 cm³/mol. The van der Waals surface area contributed by atoms with E-state index < -0.39 is 0 Å². The molecule has 0 radical (unpaired) electrons. The smallest absolute Gasteiger partial charge is 0.127 e. The second-order valence-corrected chi connectivity index (χ2v) is 6.83. The lowest BCUT2D eigenvalue weighted by atomic mass is 9.80. The van der Waals surface area contributed by atoms with Crippen molar-refractivity contribution in [3.8, 4) is 5.75 Å². The molecule has 1 aromatic rings. The van der Waals surface area contributed by atoms with E-state index in [1.807, 2.05) is 13.0 Å².